The monoisotopic (exact) mass is 641 g/mol. The summed E-state index contributed by atoms with van der Waals surface area (Å²) in [6, 6.07) is 15.3. The molecule has 1 N–H and O–H groups in total. The summed E-state index contributed by atoms with van der Waals surface area (Å²) >= 11 is 6.64. The summed E-state index contributed by atoms with van der Waals surface area (Å²) in [7, 11) is 0. The Morgan fingerprint density at radius 1 is 1.17 bits per heavy atom. The van der Waals surface area contributed by atoms with Gasteiger partial charge in [0.15, 0.2) is 6.29 Å². The lowest BCUT2D eigenvalue weighted by atomic mass is 9.74. The lowest BCUT2D eigenvalue weighted by molar-refractivity contribution is -0.0619. The van der Waals surface area contributed by atoms with E-state index in [0.29, 0.717) is 42.1 Å². The summed E-state index contributed by atoms with van der Waals surface area (Å²) in [5.41, 5.74) is 5.32. The maximum atomic E-state index is 11.9. The number of aryl methyl sites for hydroxylation is 1. The zero-order chi connectivity index (χ0) is 32.7. The van der Waals surface area contributed by atoms with Crippen LogP contribution in [0, 0.1) is 24.2 Å². The number of aromatic nitrogens is 1. The van der Waals surface area contributed by atoms with Crippen LogP contribution >= 0.6 is 11.6 Å². The molecule has 0 amide bonds. The van der Waals surface area contributed by atoms with Gasteiger partial charge in [0, 0.05) is 56.2 Å². The van der Waals surface area contributed by atoms with Gasteiger partial charge in [0.1, 0.15) is 36.4 Å². The molecule has 0 saturated carbocycles. The number of likely N-dealkylation sites (tertiary alicyclic amines) is 1. The Balaban J connectivity index is 1.38. The molecule has 3 atom stereocenters. The number of carbonyl (C=O) groups excluding carboxylic acids is 1. The van der Waals surface area contributed by atoms with Crippen LogP contribution in [0.25, 0.3) is 5.57 Å². The van der Waals surface area contributed by atoms with Gasteiger partial charge in [0.2, 0.25) is 0 Å². The van der Waals surface area contributed by atoms with Crippen molar-refractivity contribution in [2.24, 2.45) is 5.92 Å². The summed E-state index contributed by atoms with van der Waals surface area (Å²) in [5, 5.41) is 19.4. The Kier molecular flexibility index (Phi) is 10.9. The molecule has 3 aromatic rings. The fourth-order valence-corrected chi connectivity index (χ4v) is 6.44. The number of nitrogens with zero attached hydrogens (tertiary/aromatic N) is 3. The van der Waals surface area contributed by atoms with E-state index in [9.17, 15) is 15.2 Å². The minimum atomic E-state index is -0.807. The average molecular weight is 642 g/mol. The predicted molar refractivity (Wildman–Crippen MR) is 178 cm³/mol. The van der Waals surface area contributed by atoms with Crippen LogP contribution in [0.1, 0.15) is 59.3 Å². The summed E-state index contributed by atoms with van der Waals surface area (Å²) in [5.74, 6) is 0.614. The molecule has 1 saturated heterocycles. The first kappa shape index (κ1) is 33.4. The number of ether oxygens (including phenoxy) is 3. The molecule has 240 valence electrons. The Labute approximate surface area is 275 Å². The number of hydrogen-bond donors (Lipinski definition) is 1. The number of nitriles is 1. The van der Waals surface area contributed by atoms with Crippen LogP contribution < -0.4 is 9.47 Å². The zero-order valence-electron chi connectivity index (χ0n) is 26.5. The number of aliphatic hydroxyl groups is 1. The molecule has 0 radical (unpaired) electrons. The van der Waals surface area contributed by atoms with Crippen molar-refractivity contribution in [3.05, 3.63) is 105 Å². The second kappa shape index (κ2) is 15.1. The maximum absolute atomic E-state index is 11.9. The van der Waals surface area contributed by atoms with Crippen molar-refractivity contribution in [3.63, 3.8) is 0 Å². The molecule has 5 rings (SSSR count). The number of carbonyl (C=O) groups is 1. The molecule has 1 aliphatic heterocycles. The van der Waals surface area contributed by atoms with E-state index >= 15 is 0 Å². The standard InChI is InChI=1S/C37H40ClN3O5/c1-25-7-4-5-8-32(25)36-26(2)9-11-37(27(36)3,46-14-6-12-41-13-10-31(43)21-41)24-45-35-17-34(30(22-42)16-33(35)38)44-23-29-15-28(18-39)19-40-20-29/h4-5,7-9,11,15-17,19-20,22,27,31,43H,6,10,12-14,21,23-24H2,1-3H3/t27?,31-,37?/m1/s1. The molecule has 0 spiro atoms. The molecule has 2 unspecified atom stereocenters. The van der Waals surface area contributed by atoms with Crippen molar-refractivity contribution in [1.82, 2.24) is 9.88 Å². The van der Waals surface area contributed by atoms with Gasteiger partial charge < -0.3 is 24.2 Å². The molecular formula is C37H40ClN3O5. The van der Waals surface area contributed by atoms with Crippen LogP contribution in [0.3, 0.4) is 0 Å². The first-order valence-electron chi connectivity index (χ1n) is 15.6. The number of pyridine rings is 1. The number of aliphatic hydroxyl groups excluding tert-OH is 1. The molecule has 2 aromatic carbocycles. The van der Waals surface area contributed by atoms with Crippen molar-refractivity contribution in [2.45, 2.75) is 51.9 Å². The normalized spacial score (nSPS) is 21.3. The molecule has 8 nitrogen and oxygen atoms in total. The van der Waals surface area contributed by atoms with E-state index in [1.807, 2.05) is 6.07 Å². The van der Waals surface area contributed by atoms with Crippen molar-refractivity contribution in [3.8, 4) is 17.6 Å². The smallest absolute Gasteiger partial charge is 0.153 e. The summed E-state index contributed by atoms with van der Waals surface area (Å²) in [6.45, 7) is 9.63. The Bertz CT molecular complexity index is 1660. The van der Waals surface area contributed by atoms with Crippen molar-refractivity contribution >= 4 is 23.5 Å². The molecule has 2 heterocycles. The van der Waals surface area contributed by atoms with Gasteiger partial charge in [-0.2, -0.15) is 5.26 Å². The third-order valence-electron chi connectivity index (χ3n) is 8.84. The van der Waals surface area contributed by atoms with E-state index in [-0.39, 0.29) is 35.8 Å². The van der Waals surface area contributed by atoms with E-state index in [0.717, 1.165) is 25.9 Å². The number of allylic oxidation sites excluding steroid dienone is 2. The van der Waals surface area contributed by atoms with Crippen LogP contribution in [0.15, 0.2) is 72.6 Å². The van der Waals surface area contributed by atoms with Crippen molar-refractivity contribution in [2.75, 3.05) is 32.8 Å². The highest BCUT2D eigenvalue weighted by Gasteiger charge is 2.41. The molecule has 2 aliphatic rings. The largest absolute Gasteiger partial charge is 0.489 e. The van der Waals surface area contributed by atoms with Crippen LogP contribution in [0.4, 0.5) is 0 Å². The van der Waals surface area contributed by atoms with Gasteiger partial charge in [-0.3, -0.25) is 9.78 Å². The third-order valence-corrected chi connectivity index (χ3v) is 9.14. The van der Waals surface area contributed by atoms with E-state index in [2.05, 4.69) is 67.1 Å². The minimum absolute atomic E-state index is 0.0594. The second-order valence-corrected chi connectivity index (χ2v) is 12.5. The number of β-amino-alcohol motifs (C(OH)–C–C–N with tert-alkyl or cyclic N) is 1. The number of hydrogen-bond acceptors (Lipinski definition) is 8. The van der Waals surface area contributed by atoms with Crippen LogP contribution in [0.2, 0.25) is 5.02 Å². The number of rotatable bonds is 13. The topological polar surface area (TPSA) is 105 Å². The molecule has 9 heteroatoms. The fraction of sp³-hybridized carbons (Fsp3) is 0.378. The Hall–Kier alpha value is -4.00. The molecule has 1 aromatic heterocycles. The van der Waals surface area contributed by atoms with Crippen LogP contribution in [-0.2, 0) is 11.3 Å². The lowest BCUT2D eigenvalue weighted by Crippen LogP contribution is -2.46. The number of benzene rings is 2. The molecule has 1 fully saturated rings. The zero-order valence-corrected chi connectivity index (χ0v) is 27.3. The van der Waals surface area contributed by atoms with Crippen LogP contribution in [-0.4, -0.2) is 65.8 Å². The minimum Gasteiger partial charge on any atom is -0.489 e. The summed E-state index contributed by atoms with van der Waals surface area (Å²) in [4.78, 5) is 18.2. The first-order valence-corrected chi connectivity index (χ1v) is 16.0. The fourth-order valence-electron chi connectivity index (χ4n) is 6.22. The first-order chi connectivity index (χ1) is 22.2. The van der Waals surface area contributed by atoms with E-state index in [4.69, 9.17) is 25.8 Å². The number of halogens is 1. The Morgan fingerprint density at radius 2 is 2.00 bits per heavy atom. The highest BCUT2D eigenvalue weighted by molar-refractivity contribution is 6.32. The van der Waals surface area contributed by atoms with E-state index in [1.54, 1.807) is 18.3 Å². The molecule has 1 aliphatic carbocycles. The van der Waals surface area contributed by atoms with Gasteiger partial charge in [-0.25, -0.2) is 0 Å². The third kappa shape index (κ3) is 7.68. The van der Waals surface area contributed by atoms with Gasteiger partial charge in [-0.1, -0.05) is 48.9 Å². The highest BCUT2D eigenvalue weighted by atomic mass is 35.5. The van der Waals surface area contributed by atoms with Gasteiger partial charge in [0.05, 0.1) is 22.3 Å². The van der Waals surface area contributed by atoms with Crippen molar-refractivity contribution < 1.29 is 24.1 Å². The predicted octanol–water partition coefficient (Wildman–Crippen LogP) is 6.58. The Morgan fingerprint density at radius 3 is 2.74 bits per heavy atom. The highest BCUT2D eigenvalue weighted by Crippen LogP contribution is 2.43. The number of aldehydes is 1. The molecule has 0 bridgehead atoms. The van der Waals surface area contributed by atoms with Crippen LogP contribution in [0.5, 0.6) is 11.5 Å². The molecular weight excluding hydrogens is 602 g/mol. The second-order valence-electron chi connectivity index (χ2n) is 12.1. The van der Waals surface area contributed by atoms with E-state index < -0.39 is 5.60 Å². The van der Waals surface area contributed by atoms with Gasteiger partial charge >= 0.3 is 0 Å². The van der Waals surface area contributed by atoms with E-state index in [1.165, 1.54) is 34.5 Å². The lowest BCUT2D eigenvalue weighted by Gasteiger charge is -2.41. The molecule has 46 heavy (non-hydrogen) atoms. The quantitative estimate of drug-likeness (QED) is 0.165. The van der Waals surface area contributed by atoms with Crippen molar-refractivity contribution in [1.29, 1.82) is 5.26 Å². The summed E-state index contributed by atoms with van der Waals surface area (Å²) in [6.07, 6.45) is 9.34. The van der Waals surface area contributed by atoms with Gasteiger partial charge in [-0.05, 0) is 67.2 Å². The van der Waals surface area contributed by atoms with Gasteiger partial charge in [-0.15, -0.1) is 0 Å². The average Bonchev–Trinajstić information content (AvgIpc) is 3.48. The van der Waals surface area contributed by atoms with Gasteiger partial charge in [0.25, 0.3) is 0 Å². The SMILES string of the molecule is CC1=C(c2ccccc2C)C(C)C(COc2cc(OCc3cncc(C#N)c3)c(C=O)cc2Cl)(OCCCN2CC[C@@H](O)C2)C=C1. The maximum Gasteiger partial charge on any atom is 0.153 e. The summed E-state index contributed by atoms with van der Waals surface area (Å²) < 4.78 is 19.2.